The topological polar surface area (TPSA) is 64.7 Å². The van der Waals surface area contributed by atoms with E-state index in [0.717, 1.165) is 56.3 Å². The zero-order chi connectivity index (χ0) is 17.8. The van der Waals surface area contributed by atoms with Crippen molar-refractivity contribution in [3.63, 3.8) is 0 Å². The quantitative estimate of drug-likeness (QED) is 0.758. The van der Waals surface area contributed by atoms with Crippen LogP contribution in [0.25, 0.3) is 0 Å². The number of likely N-dealkylation sites (tertiary alicyclic amines) is 1. The van der Waals surface area contributed by atoms with Crippen LogP contribution in [-0.4, -0.2) is 73.2 Å². The molecular weight excluding hydrogens is 372 g/mol. The number of benzene rings is 1. The second-order valence-corrected chi connectivity index (χ2v) is 7.42. The number of anilines is 1. The van der Waals surface area contributed by atoms with Crippen LogP contribution in [0, 0.1) is 0 Å². The molecule has 2 saturated heterocycles. The number of carbonyl (C=O) groups excluding carboxylic acids is 2. The van der Waals surface area contributed by atoms with Crippen LogP contribution in [0.2, 0.25) is 0 Å². The minimum atomic E-state index is -0.104. The predicted molar refractivity (Wildman–Crippen MR) is 109 cm³/mol. The Kier molecular flexibility index (Phi) is 7.76. The van der Waals surface area contributed by atoms with Crippen molar-refractivity contribution in [1.82, 2.24) is 15.1 Å². The summed E-state index contributed by atoms with van der Waals surface area (Å²) in [7, 11) is 0. The maximum atomic E-state index is 12.9. The second kappa shape index (κ2) is 9.60. The van der Waals surface area contributed by atoms with Crippen molar-refractivity contribution in [2.45, 2.75) is 24.3 Å². The molecule has 2 aliphatic heterocycles. The number of nitrogens with one attached hydrogen (secondary N) is 2. The molecule has 2 N–H and O–H groups in total. The first-order valence-corrected chi connectivity index (χ1v) is 10.0. The van der Waals surface area contributed by atoms with E-state index in [4.69, 9.17) is 0 Å². The highest BCUT2D eigenvalue weighted by atomic mass is 35.5. The average Bonchev–Trinajstić information content (AvgIpc) is 3.12. The van der Waals surface area contributed by atoms with Crippen molar-refractivity contribution in [2.24, 2.45) is 0 Å². The van der Waals surface area contributed by atoms with Crippen LogP contribution in [0.15, 0.2) is 23.1 Å². The highest BCUT2D eigenvalue weighted by Gasteiger charge is 2.31. The first-order chi connectivity index (χ1) is 12.1. The van der Waals surface area contributed by atoms with Gasteiger partial charge in [-0.15, -0.1) is 24.2 Å². The number of rotatable bonds is 4. The molecule has 2 aliphatic rings. The largest absolute Gasteiger partial charge is 0.337 e. The number of nitrogens with zero attached hydrogens (tertiary/aromatic N) is 2. The molecule has 2 fully saturated rings. The molecule has 1 unspecified atom stereocenters. The van der Waals surface area contributed by atoms with Gasteiger partial charge < -0.3 is 15.5 Å². The van der Waals surface area contributed by atoms with Crippen LogP contribution in [-0.2, 0) is 4.79 Å². The number of thioether (sulfide) groups is 1. The summed E-state index contributed by atoms with van der Waals surface area (Å²) in [6.45, 7) is 7.31. The number of hydrogen-bond donors (Lipinski definition) is 2. The molecule has 0 aromatic heterocycles. The van der Waals surface area contributed by atoms with Gasteiger partial charge in [0.15, 0.2) is 0 Å². The zero-order valence-corrected chi connectivity index (χ0v) is 16.9. The summed E-state index contributed by atoms with van der Waals surface area (Å²) in [5.74, 6) is -0.0184. The van der Waals surface area contributed by atoms with Crippen LogP contribution < -0.4 is 10.6 Å². The molecule has 0 radical (unpaired) electrons. The van der Waals surface area contributed by atoms with Crippen molar-refractivity contribution in [3.05, 3.63) is 23.8 Å². The molecule has 144 valence electrons. The van der Waals surface area contributed by atoms with Crippen molar-refractivity contribution in [1.29, 1.82) is 0 Å². The third-order valence-electron chi connectivity index (χ3n) is 4.88. The van der Waals surface area contributed by atoms with E-state index >= 15 is 0 Å². The van der Waals surface area contributed by atoms with Gasteiger partial charge in [-0.25, -0.2) is 0 Å². The summed E-state index contributed by atoms with van der Waals surface area (Å²) in [6.07, 6.45) is 3.00. The number of amides is 2. The van der Waals surface area contributed by atoms with Gasteiger partial charge in [-0.2, -0.15) is 0 Å². The molecule has 2 amide bonds. The molecule has 1 atom stereocenters. The molecular formula is C18H27ClN4O2S. The van der Waals surface area contributed by atoms with Gasteiger partial charge in [0, 0.05) is 62.7 Å². The molecule has 0 aliphatic carbocycles. The maximum Gasteiger partial charge on any atom is 0.253 e. The normalized spacial score (nSPS) is 20.5. The molecule has 0 bridgehead atoms. The fraction of sp³-hybridized carbons (Fsp3) is 0.556. The van der Waals surface area contributed by atoms with Crippen LogP contribution in [0.3, 0.4) is 0 Å². The highest BCUT2D eigenvalue weighted by Crippen LogP contribution is 2.28. The van der Waals surface area contributed by atoms with Crippen molar-refractivity contribution < 1.29 is 9.59 Å². The molecule has 8 heteroatoms. The molecule has 2 heterocycles. The van der Waals surface area contributed by atoms with Gasteiger partial charge in [0.25, 0.3) is 5.91 Å². The van der Waals surface area contributed by atoms with Gasteiger partial charge in [0.1, 0.15) is 0 Å². The Morgan fingerprint density at radius 2 is 1.96 bits per heavy atom. The van der Waals surface area contributed by atoms with Crippen molar-refractivity contribution in [2.75, 3.05) is 50.8 Å². The lowest BCUT2D eigenvalue weighted by molar-refractivity contribution is -0.114. The first kappa shape index (κ1) is 21.0. The monoisotopic (exact) mass is 398 g/mol. The minimum Gasteiger partial charge on any atom is -0.337 e. The Hall–Kier alpha value is -1.28. The minimum absolute atomic E-state index is 0. The van der Waals surface area contributed by atoms with E-state index in [-0.39, 0.29) is 24.2 Å². The van der Waals surface area contributed by atoms with E-state index < -0.39 is 0 Å². The van der Waals surface area contributed by atoms with E-state index in [9.17, 15) is 9.59 Å². The van der Waals surface area contributed by atoms with Crippen LogP contribution >= 0.6 is 24.2 Å². The molecule has 6 nitrogen and oxygen atoms in total. The zero-order valence-electron chi connectivity index (χ0n) is 15.3. The number of hydrogen-bond acceptors (Lipinski definition) is 5. The Bertz CT molecular complexity index is 652. The van der Waals surface area contributed by atoms with Crippen molar-refractivity contribution >= 4 is 41.7 Å². The van der Waals surface area contributed by atoms with Crippen LogP contribution in [0.1, 0.15) is 23.7 Å². The third kappa shape index (κ3) is 4.91. The Morgan fingerprint density at radius 3 is 2.62 bits per heavy atom. The summed E-state index contributed by atoms with van der Waals surface area (Å²) in [5.41, 5.74) is 1.45. The number of carbonyl (C=O) groups is 2. The average molecular weight is 399 g/mol. The van der Waals surface area contributed by atoms with Gasteiger partial charge in [-0.05, 0) is 30.9 Å². The molecule has 1 aromatic rings. The fourth-order valence-corrected chi connectivity index (χ4v) is 4.16. The summed E-state index contributed by atoms with van der Waals surface area (Å²) < 4.78 is 0. The maximum absolute atomic E-state index is 12.9. The van der Waals surface area contributed by atoms with E-state index in [1.807, 2.05) is 29.4 Å². The highest BCUT2D eigenvalue weighted by molar-refractivity contribution is 7.98. The SMILES string of the molecule is CSc1cc(C(=O)N2CCC(N3CCNCC3)C2)ccc1NC(C)=O.Cl. The van der Waals surface area contributed by atoms with Gasteiger partial charge in [0.05, 0.1) is 5.69 Å². The molecule has 3 rings (SSSR count). The van der Waals surface area contributed by atoms with E-state index in [1.54, 1.807) is 0 Å². The standard InChI is InChI=1S/C18H26N4O2S.ClH/c1-13(23)20-16-4-3-14(11-17(16)25-2)18(24)22-8-5-15(12-22)21-9-6-19-7-10-21;/h3-4,11,15,19H,5-10,12H2,1-2H3,(H,20,23);1H. The van der Waals surface area contributed by atoms with Crippen molar-refractivity contribution in [3.8, 4) is 0 Å². The van der Waals surface area contributed by atoms with E-state index in [1.165, 1.54) is 18.7 Å². The summed E-state index contributed by atoms with van der Waals surface area (Å²) in [5, 5.41) is 6.19. The smallest absolute Gasteiger partial charge is 0.253 e. The fourth-order valence-electron chi connectivity index (χ4n) is 3.57. The Labute approximate surface area is 165 Å². The van der Waals surface area contributed by atoms with Gasteiger partial charge in [-0.1, -0.05) is 0 Å². The number of piperazine rings is 1. The molecule has 0 saturated carbocycles. The summed E-state index contributed by atoms with van der Waals surface area (Å²) in [4.78, 5) is 29.5. The van der Waals surface area contributed by atoms with Gasteiger partial charge in [0.2, 0.25) is 5.91 Å². The van der Waals surface area contributed by atoms with Gasteiger partial charge in [-0.3, -0.25) is 14.5 Å². The third-order valence-corrected chi connectivity index (χ3v) is 5.66. The van der Waals surface area contributed by atoms with E-state index in [0.29, 0.717) is 11.6 Å². The summed E-state index contributed by atoms with van der Waals surface area (Å²) >= 11 is 1.53. The van der Waals surface area contributed by atoms with E-state index in [2.05, 4.69) is 15.5 Å². The molecule has 1 aromatic carbocycles. The lowest BCUT2D eigenvalue weighted by atomic mass is 10.1. The first-order valence-electron chi connectivity index (χ1n) is 8.78. The Morgan fingerprint density at radius 1 is 1.23 bits per heavy atom. The predicted octanol–water partition coefficient (Wildman–Crippen LogP) is 1.91. The molecule has 0 spiro atoms. The molecule has 26 heavy (non-hydrogen) atoms. The second-order valence-electron chi connectivity index (χ2n) is 6.58. The van der Waals surface area contributed by atoms with Crippen LogP contribution in [0.4, 0.5) is 5.69 Å². The lowest BCUT2D eigenvalue weighted by Gasteiger charge is -2.32. The number of halogens is 1. The summed E-state index contributed by atoms with van der Waals surface area (Å²) in [6, 6.07) is 6.00. The van der Waals surface area contributed by atoms with Gasteiger partial charge >= 0.3 is 0 Å². The Balaban J connectivity index is 0.00000243. The lowest BCUT2D eigenvalue weighted by Crippen LogP contribution is -2.49. The van der Waals surface area contributed by atoms with Crippen LogP contribution in [0.5, 0.6) is 0 Å².